The molecule has 0 saturated carbocycles. The Balaban J connectivity index is 0.000000387. The average Bonchev–Trinajstić information content (AvgIpc) is 2.70. The number of anilines is 4. The molecule has 5 aromatic rings. The van der Waals surface area contributed by atoms with Gasteiger partial charge in [0.15, 0.2) is 18.3 Å². The van der Waals surface area contributed by atoms with Crippen molar-refractivity contribution in [1.29, 1.82) is 0 Å². The molecule has 4 unspecified atom stereocenters. The minimum Gasteiger partial charge on any atom is -0.489 e. The van der Waals surface area contributed by atoms with Gasteiger partial charge in [-0.3, -0.25) is 18.9 Å². The van der Waals surface area contributed by atoms with Crippen LogP contribution in [0.5, 0.6) is 17.2 Å². The molecule has 486 valence electrons. The van der Waals surface area contributed by atoms with Gasteiger partial charge in [-0.2, -0.15) is 28.1 Å². The molecule has 1 aromatic heterocycles. The maximum atomic E-state index is 12.7. The quantitative estimate of drug-likeness (QED) is 0.0254. The molecule has 2 heterocycles. The van der Waals surface area contributed by atoms with Crippen LogP contribution in [0, 0.1) is 6.92 Å². The fraction of sp³-hybridized carbons (Fsp3) is 0.439. The molecule has 1 aliphatic rings. The number of hydrogen-bond acceptors (Lipinski definition) is 16. The summed E-state index contributed by atoms with van der Waals surface area (Å²) in [6.07, 6.45) is -5.08. The highest BCUT2D eigenvalue weighted by Crippen LogP contribution is 2.39. The van der Waals surface area contributed by atoms with Gasteiger partial charge in [0.2, 0.25) is 23.1 Å². The van der Waals surface area contributed by atoms with E-state index >= 15 is 0 Å². The first-order valence-electron chi connectivity index (χ1n) is 26.7. The van der Waals surface area contributed by atoms with Crippen LogP contribution in [0.15, 0.2) is 78.9 Å². The third-order valence-electron chi connectivity index (χ3n) is 11.5. The lowest BCUT2D eigenvalue weighted by atomic mass is 10.0. The van der Waals surface area contributed by atoms with Crippen LogP contribution < -0.4 is 35.6 Å². The van der Waals surface area contributed by atoms with Gasteiger partial charge in [0.1, 0.15) is 35.8 Å². The molecular formula is C57H72Cl6F3N8O13P. The third kappa shape index (κ3) is 26.7. The molecule has 2 amide bonds. The number of esters is 1. The van der Waals surface area contributed by atoms with Crippen molar-refractivity contribution in [2.75, 3.05) is 66.0 Å². The maximum absolute atomic E-state index is 12.7. The molecule has 5 atom stereocenters. The second kappa shape index (κ2) is 36.7. The van der Waals surface area contributed by atoms with Crippen LogP contribution in [0.4, 0.5) is 36.4 Å². The van der Waals surface area contributed by atoms with Crippen LogP contribution in [0.3, 0.4) is 0 Å². The predicted octanol–water partition coefficient (Wildman–Crippen LogP) is 13.1. The van der Waals surface area contributed by atoms with Crippen LogP contribution >= 0.6 is 77.0 Å². The van der Waals surface area contributed by atoms with Gasteiger partial charge in [0.25, 0.3) is 5.91 Å². The number of hydrogen-bond donors (Lipinski definition) is 6. The molecule has 31 heteroatoms. The molecule has 88 heavy (non-hydrogen) atoms. The lowest BCUT2D eigenvalue weighted by Gasteiger charge is -2.35. The number of aromatic nitrogens is 3. The fourth-order valence-corrected chi connectivity index (χ4v) is 9.10. The lowest BCUT2D eigenvalue weighted by Crippen LogP contribution is -2.47. The van der Waals surface area contributed by atoms with Crippen molar-refractivity contribution in [3.63, 3.8) is 0 Å². The summed E-state index contributed by atoms with van der Waals surface area (Å²) in [7, 11) is -1.47. The molecule has 4 aromatic carbocycles. The van der Waals surface area contributed by atoms with E-state index in [9.17, 15) is 41.7 Å². The minimum absolute atomic E-state index is 0.0223. The highest BCUT2D eigenvalue weighted by atomic mass is 35.5. The van der Waals surface area contributed by atoms with Gasteiger partial charge < -0.3 is 60.2 Å². The first kappa shape index (κ1) is 78.2. The van der Waals surface area contributed by atoms with Crippen LogP contribution in [0.1, 0.15) is 88.9 Å². The second-order valence-electron chi connectivity index (χ2n) is 20.2. The van der Waals surface area contributed by atoms with Gasteiger partial charge in [0, 0.05) is 32.0 Å². The number of alkyl halides is 6. The fourth-order valence-electron chi connectivity index (χ4n) is 7.43. The number of ether oxygens (including phenoxy) is 4. The zero-order valence-corrected chi connectivity index (χ0v) is 55.4. The zero-order valence-electron chi connectivity index (χ0n) is 49.9. The van der Waals surface area contributed by atoms with Crippen LogP contribution in [-0.2, 0) is 45.8 Å². The van der Waals surface area contributed by atoms with Gasteiger partial charge in [-0.05, 0) is 139 Å². The van der Waals surface area contributed by atoms with E-state index in [0.29, 0.717) is 36.9 Å². The SMILES string of the molecule is CC1COc2ccccc2N1C(=O)C(Cl)Cl.CCNc1nc(Cl)nc(NC(C)(C)C)n1.CCc1cccc(C)c1N(C(=O)CCl)C(C)COC.CP(=O)(O)CCC(N)C(=O)O.C[C@H](OC(=O)c1cc(Oc2ccc(C(F)(F)F)cc2Cl)ccc1Cl)C(=O)O. The standard InChI is InChI=1S/C17H11Cl2F3O5.C15H22ClNO2.C11H11Cl2NO2.C9H16ClN5.C5H12NO4P/c1-8(15(23)24)26-16(25)11-7-10(3-4-12(11)18)27-14-5-2-9(6-13(14)19)17(20,21)22;1-5-13-8-6-7-11(2)15(13)17(14(18)9-16)12(3)10-19-4;1-7-6-16-9-5-3-2-4-8(9)14(7)11(15)10(12)13;1-5-11-7-12-6(10)13-8(14-7)15-9(2,3)4;1-11(9,10)3-2-4(6)5(7)8/h2-8H,1H3,(H,23,24);6-8,12H,5,9-10H2,1-4H3;2-5,7,10H,6H2,1H3;5H2,1-4H3,(H2,11,12,13,14,15);4H,2-3,6H2,1H3,(H,7,8)(H,9,10)/t8-;;;;/m0..../s1. The van der Waals surface area contributed by atoms with Crippen molar-refractivity contribution in [3.05, 3.63) is 116 Å². The Labute approximate surface area is 539 Å². The third-order valence-corrected chi connectivity index (χ3v) is 14.0. The van der Waals surface area contributed by atoms with Gasteiger partial charge in [-0.15, -0.1) is 11.6 Å². The number of aryl methyl sites for hydroxylation is 2. The summed E-state index contributed by atoms with van der Waals surface area (Å²) in [6, 6.07) is 18.6. The number of nitrogens with zero attached hydrogens (tertiary/aromatic N) is 5. The van der Waals surface area contributed by atoms with Crippen molar-refractivity contribution >= 4 is 130 Å². The molecular weight excluding hydrogens is 1310 g/mol. The summed E-state index contributed by atoms with van der Waals surface area (Å²) >= 11 is 34.5. The molecule has 7 N–H and O–H groups in total. The highest BCUT2D eigenvalue weighted by Gasteiger charge is 2.33. The van der Waals surface area contributed by atoms with Gasteiger partial charge in [-0.25, -0.2) is 9.59 Å². The molecule has 0 fully saturated rings. The van der Waals surface area contributed by atoms with Crippen molar-refractivity contribution in [2.24, 2.45) is 5.73 Å². The zero-order chi connectivity index (χ0) is 67.0. The summed E-state index contributed by atoms with van der Waals surface area (Å²) in [5.41, 5.74) is 7.80. The van der Waals surface area contributed by atoms with Gasteiger partial charge >= 0.3 is 24.1 Å². The van der Waals surface area contributed by atoms with Crippen molar-refractivity contribution in [1.82, 2.24) is 15.0 Å². The van der Waals surface area contributed by atoms with E-state index in [0.717, 1.165) is 60.6 Å². The number of rotatable bonds is 19. The van der Waals surface area contributed by atoms with E-state index < -0.39 is 54.0 Å². The van der Waals surface area contributed by atoms with Crippen LogP contribution in [0.2, 0.25) is 15.3 Å². The Hall–Kier alpha value is -5.92. The van der Waals surface area contributed by atoms with Crippen molar-refractivity contribution < 1.29 is 75.8 Å². The summed E-state index contributed by atoms with van der Waals surface area (Å²) < 4.78 is 69.5. The first-order valence-corrected chi connectivity index (χ1v) is 31.5. The van der Waals surface area contributed by atoms with E-state index in [4.69, 9.17) is 109 Å². The smallest absolute Gasteiger partial charge is 0.416 e. The number of carboxylic acids is 2. The number of carboxylic acid groups (broad SMARTS) is 2. The number of benzene rings is 4. The Morgan fingerprint density at radius 3 is 2.08 bits per heavy atom. The first-order chi connectivity index (χ1) is 40.9. The largest absolute Gasteiger partial charge is 0.489 e. The number of halogens is 9. The van der Waals surface area contributed by atoms with E-state index in [1.165, 1.54) is 18.8 Å². The molecule has 0 spiro atoms. The molecule has 0 bridgehead atoms. The normalized spacial score (nSPS) is 14.2. The molecule has 0 radical (unpaired) electrons. The maximum Gasteiger partial charge on any atom is 0.416 e. The second-order valence-corrected chi connectivity index (χ2v) is 25.3. The monoisotopic (exact) mass is 1370 g/mol. The molecule has 21 nitrogen and oxygen atoms in total. The Kier molecular flexibility index (Phi) is 32.6. The molecule has 1 aliphatic heterocycles. The summed E-state index contributed by atoms with van der Waals surface area (Å²) in [5, 5.41) is 23.1. The Bertz CT molecular complexity index is 3180. The Morgan fingerprint density at radius 2 is 1.55 bits per heavy atom. The number of aliphatic carboxylic acids is 2. The number of fused-ring (bicyclic) bond motifs is 1. The number of methoxy groups -OCH3 is 1. The number of para-hydroxylation sites is 3. The molecule has 0 saturated heterocycles. The molecule has 6 rings (SSSR count). The van der Waals surface area contributed by atoms with E-state index in [1.807, 2.05) is 84.9 Å². The minimum atomic E-state index is -4.56. The summed E-state index contributed by atoms with van der Waals surface area (Å²) in [6.45, 7) is 20.0. The van der Waals surface area contributed by atoms with E-state index in [-0.39, 0.29) is 80.3 Å². The van der Waals surface area contributed by atoms with Gasteiger partial charge in [-0.1, -0.05) is 83.7 Å². The Morgan fingerprint density at radius 1 is 0.909 bits per heavy atom. The van der Waals surface area contributed by atoms with Gasteiger partial charge in [0.05, 0.1) is 51.2 Å². The highest BCUT2D eigenvalue weighted by molar-refractivity contribution is 7.57. The number of carbonyl (C=O) groups is 5. The van der Waals surface area contributed by atoms with Crippen LogP contribution in [0.25, 0.3) is 0 Å². The van der Waals surface area contributed by atoms with Crippen molar-refractivity contribution in [2.45, 2.75) is 116 Å². The lowest BCUT2D eigenvalue weighted by molar-refractivity contribution is -0.146. The van der Waals surface area contributed by atoms with Crippen molar-refractivity contribution in [3.8, 4) is 17.2 Å². The molecule has 0 aliphatic carbocycles. The summed E-state index contributed by atoms with van der Waals surface area (Å²) in [4.78, 5) is 80.2. The topological polar surface area (TPSA) is 295 Å². The predicted molar refractivity (Wildman–Crippen MR) is 338 cm³/mol. The van der Waals surface area contributed by atoms with Crippen LogP contribution in [-0.4, -0.2) is 140 Å². The number of nitrogens with two attached hydrogens (primary N) is 1. The van der Waals surface area contributed by atoms with E-state index in [2.05, 4.69) is 38.6 Å². The average molecular weight is 1380 g/mol. The van der Waals surface area contributed by atoms with E-state index in [1.54, 1.807) is 16.9 Å². The number of carbonyl (C=O) groups excluding carboxylic acids is 3. The number of nitrogens with one attached hydrogen (secondary N) is 2. The number of amides is 2. The summed E-state index contributed by atoms with van der Waals surface area (Å²) in [5.74, 6) is -2.29.